The molecule has 24 heavy (non-hydrogen) atoms. The second-order valence-electron chi connectivity index (χ2n) is 6.79. The second kappa shape index (κ2) is 8.67. The van der Waals surface area contributed by atoms with Crippen LogP contribution in [-0.2, 0) is 17.9 Å². The van der Waals surface area contributed by atoms with Gasteiger partial charge < -0.3 is 5.32 Å². The first-order valence-corrected chi connectivity index (χ1v) is 9.12. The van der Waals surface area contributed by atoms with Crippen molar-refractivity contribution in [2.45, 2.75) is 58.0 Å². The molecule has 0 unspecified atom stereocenters. The number of amides is 1. The Kier molecular flexibility index (Phi) is 6.05. The van der Waals surface area contributed by atoms with Gasteiger partial charge in [0, 0.05) is 25.4 Å². The van der Waals surface area contributed by atoms with Crippen LogP contribution in [-0.4, -0.2) is 15.7 Å². The Balaban J connectivity index is 1.48. The highest BCUT2D eigenvalue weighted by Gasteiger charge is 2.14. The molecule has 2 aromatic rings. The van der Waals surface area contributed by atoms with Gasteiger partial charge in [-0.25, -0.2) is 0 Å². The normalized spacial score (nSPS) is 15.3. The highest BCUT2D eigenvalue weighted by Crippen LogP contribution is 2.27. The van der Waals surface area contributed by atoms with E-state index in [0.29, 0.717) is 13.0 Å². The van der Waals surface area contributed by atoms with Gasteiger partial charge in [-0.1, -0.05) is 56.4 Å². The van der Waals surface area contributed by atoms with E-state index in [4.69, 9.17) is 0 Å². The molecule has 3 rings (SSSR count). The SMILES string of the molecule is O=C(CCC1CCCCC1)NCc1ccccc1Cn1cccn1. The molecule has 4 nitrogen and oxygen atoms in total. The summed E-state index contributed by atoms with van der Waals surface area (Å²) in [5.41, 5.74) is 2.37. The Hall–Kier alpha value is -2.10. The lowest BCUT2D eigenvalue weighted by Gasteiger charge is -2.21. The smallest absolute Gasteiger partial charge is 0.220 e. The highest BCUT2D eigenvalue weighted by molar-refractivity contribution is 5.75. The van der Waals surface area contributed by atoms with E-state index in [0.717, 1.165) is 18.9 Å². The minimum atomic E-state index is 0.175. The largest absolute Gasteiger partial charge is 0.352 e. The lowest BCUT2D eigenvalue weighted by molar-refractivity contribution is -0.121. The molecule has 1 amide bonds. The van der Waals surface area contributed by atoms with Crippen molar-refractivity contribution in [1.82, 2.24) is 15.1 Å². The molecule has 1 aliphatic carbocycles. The van der Waals surface area contributed by atoms with Crippen molar-refractivity contribution in [2.24, 2.45) is 5.92 Å². The van der Waals surface area contributed by atoms with Gasteiger partial charge in [-0.05, 0) is 29.5 Å². The number of nitrogens with zero attached hydrogens (tertiary/aromatic N) is 2. The Morgan fingerprint density at radius 1 is 1.12 bits per heavy atom. The number of aromatic nitrogens is 2. The van der Waals surface area contributed by atoms with Gasteiger partial charge in [-0.15, -0.1) is 0 Å². The summed E-state index contributed by atoms with van der Waals surface area (Å²) in [7, 11) is 0. The molecule has 1 N–H and O–H groups in total. The minimum Gasteiger partial charge on any atom is -0.352 e. The maximum atomic E-state index is 12.2. The first-order chi connectivity index (χ1) is 11.8. The van der Waals surface area contributed by atoms with Crippen LogP contribution in [0.3, 0.4) is 0 Å². The Bertz CT molecular complexity index is 630. The Labute approximate surface area is 144 Å². The fourth-order valence-corrected chi connectivity index (χ4v) is 3.55. The van der Waals surface area contributed by atoms with E-state index < -0.39 is 0 Å². The van der Waals surface area contributed by atoms with Crippen LogP contribution in [0.1, 0.15) is 56.1 Å². The average molecular weight is 325 g/mol. The number of carbonyl (C=O) groups is 1. The van der Waals surface area contributed by atoms with Crippen molar-refractivity contribution in [3.63, 3.8) is 0 Å². The molecule has 0 spiro atoms. The average Bonchev–Trinajstić information content (AvgIpc) is 3.13. The third kappa shape index (κ3) is 4.95. The van der Waals surface area contributed by atoms with Crippen molar-refractivity contribution in [3.05, 3.63) is 53.9 Å². The lowest BCUT2D eigenvalue weighted by Crippen LogP contribution is -2.24. The maximum Gasteiger partial charge on any atom is 0.220 e. The molecule has 1 fully saturated rings. The third-order valence-corrected chi connectivity index (χ3v) is 4.99. The third-order valence-electron chi connectivity index (χ3n) is 4.99. The number of rotatable bonds is 7. The van der Waals surface area contributed by atoms with E-state index in [2.05, 4.69) is 22.5 Å². The van der Waals surface area contributed by atoms with E-state index in [1.807, 2.05) is 29.1 Å². The summed E-state index contributed by atoms with van der Waals surface area (Å²) in [4.78, 5) is 12.2. The number of nitrogens with one attached hydrogen (secondary N) is 1. The van der Waals surface area contributed by atoms with Crippen LogP contribution >= 0.6 is 0 Å². The molecule has 4 heteroatoms. The fourth-order valence-electron chi connectivity index (χ4n) is 3.55. The minimum absolute atomic E-state index is 0.175. The van der Waals surface area contributed by atoms with Crippen LogP contribution in [0.4, 0.5) is 0 Å². The number of hydrogen-bond acceptors (Lipinski definition) is 2. The van der Waals surface area contributed by atoms with Crippen molar-refractivity contribution < 1.29 is 4.79 Å². The van der Waals surface area contributed by atoms with Gasteiger partial charge in [-0.3, -0.25) is 9.48 Å². The molecule has 1 aliphatic rings. The predicted octanol–water partition coefficient (Wildman–Crippen LogP) is 3.91. The van der Waals surface area contributed by atoms with Crippen LogP contribution in [0.25, 0.3) is 0 Å². The molecule has 128 valence electrons. The zero-order valence-electron chi connectivity index (χ0n) is 14.3. The van der Waals surface area contributed by atoms with E-state index in [-0.39, 0.29) is 5.91 Å². The zero-order valence-corrected chi connectivity index (χ0v) is 14.3. The second-order valence-corrected chi connectivity index (χ2v) is 6.79. The molecule has 1 saturated carbocycles. The van der Waals surface area contributed by atoms with Gasteiger partial charge in [0.1, 0.15) is 0 Å². The van der Waals surface area contributed by atoms with Crippen molar-refractivity contribution in [3.8, 4) is 0 Å². The maximum absolute atomic E-state index is 12.2. The quantitative estimate of drug-likeness (QED) is 0.839. The topological polar surface area (TPSA) is 46.9 Å². The first kappa shape index (κ1) is 16.7. The summed E-state index contributed by atoms with van der Waals surface area (Å²) in [5.74, 6) is 0.936. The summed E-state index contributed by atoms with van der Waals surface area (Å²) in [6.07, 6.45) is 12.1. The molecule has 0 atom stereocenters. The first-order valence-electron chi connectivity index (χ1n) is 9.12. The van der Waals surface area contributed by atoms with Gasteiger partial charge >= 0.3 is 0 Å². The molecule has 1 aromatic carbocycles. The van der Waals surface area contributed by atoms with E-state index in [1.165, 1.54) is 43.2 Å². The van der Waals surface area contributed by atoms with Crippen molar-refractivity contribution in [2.75, 3.05) is 0 Å². The van der Waals surface area contributed by atoms with Gasteiger partial charge in [0.25, 0.3) is 0 Å². The van der Waals surface area contributed by atoms with Crippen LogP contribution in [0.5, 0.6) is 0 Å². The summed E-state index contributed by atoms with van der Waals surface area (Å²) in [6.45, 7) is 1.34. The highest BCUT2D eigenvalue weighted by atomic mass is 16.1. The summed E-state index contributed by atoms with van der Waals surface area (Å²) < 4.78 is 1.91. The van der Waals surface area contributed by atoms with Gasteiger partial charge in [0.05, 0.1) is 6.54 Å². The van der Waals surface area contributed by atoms with E-state index in [1.54, 1.807) is 6.20 Å². The Morgan fingerprint density at radius 3 is 2.67 bits per heavy atom. The summed E-state index contributed by atoms with van der Waals surface area (Å²) in [6, 6.07) is 10.2. The van der Waals surface area contributed by atoms with E-state index in [9.17, 15) is 4.79 Å². The van der Waals surface area contributed by atoms with Crippen molar-refractivity contribution >= 4 is 5.91 Å². The summed E-state index contributed by atoms with van der Waals surface area (Å²) in [5, 5.41) is 7.35. The molecule has 0 bridgehead atoms. The molecular formula is C20H27N3O. The number of benzene rings is 1. The number of hydrogen-bond donors (Lipinski definition) is 1. The van der Waals surface area contributed by atoms with Crippen LogP contribution in [0.2, 0.25) is 0 Å². The van der Waals surface area contributed by atoms with Gasteiger partial charge in [0.15, 0.2) is 0 Å². The molecule has 0 aliphatic heterocycles. The lowest BCUT2D eigenvalue weighted by atomic mass is 9.86. The van der Waals surface area contributed by atoms with Gasteiger partial charge in [-0.2, -0.15) is 5.10 Å². The molecule has 1 aromatic heterocycles. The molecule has 0 radical (unpaired) electrons. The van der Waals surface area contributed by atoms with Crippen molar-refractivity contribution in [1.29, 1.82) is 0 Å². The molecular weight excluding hydrogens is 298 g/mol. The summed E-state index contributed by atoms with van der Waals surface area (Å²) >= 11 is 0. The van der Waals surface area contributed by atoms with Crippen LogP contribution in [0.15, 0.2) is 42.7 Å². The number of carbonyl (C=O) groups excluding carboxylic acids is 1. The molecule has 0 saturated heterocycles. The standard InChI is InChI=1S/C20H27N3O/c24-20(12-11-17-7-2-1-3-8-17)21-15-18-9-4-5-10-19(18)16-23-14-6-13-22-23/h4-6,9-10,13-14,17H,1-3,7-8,11-12,15-16H2,(H,21,24). The fraction of sp³-hybridized carbons (Fsp3) is 0.500. The van der Waals surface area contributed by atoms with Gasteiger partial charge in [0.2, 0.25) is 5.91 Å². The monoisotopic (exact) mass is 325 g/mol. The molecule has 1 heterocycles. The van der Waals surface area contributed by atoms with E-state index >= 15 is 0 Å². The Morgan fingerprint density at radius 2 is 1.92 bits per heavy atom. The predicted molar refractivity (Wildman–Crippen MR) is 95.4 cm³/mol. The van der Waals surface area contributed by atoms with Crippen LogP contribution in [0, 0.1) is 5.92 Å². The zero-order chi connectivity index (χ0) is 16.6. The van der Waals surface area contributed by atoms with Crippen LogP contribution < -0.4 is 5.32 Å².